The number of anilines is 1. The molecule has 0 bridgehead atoms. The number of para-hydroxylation sites is 2. The number of ether oxygens (including phenoxy) is 3. The molecule has 1 saturated heterocycles. The van der Waals surface area contributed by atoms with Gasteiger partial charge in [-0.05, 0) is 40.8 Å². The molecule has 7 heteroatoms. The Kier molecular flexibility index (Phi) is 5.49. The quantitative estimate of drug-likeness (QED) is 0.200. The van der Waals surface area contributed by atoms with Gasteiger partial charge in [0.1, 0.15) is 17.2 Å². The molecule has 1 aliphatic carbocycles. The van der Waals surface area contributed by atoms with Gasteiger partial charge in [0.15, 0.2) is 0 Å². The summed E-state index contributed by atoms with van der Waals surface area (Å²) in [7, 11) is 3.09. The number of hydrogen-bond donors (Lipinski definition) is 0. The van der Waals surface area contributed by atoms with Crippen LogP contribution in [0.15, 0.2) is 91.0 Å². The summed E-state index contributed by atoms with van der Waals surface area (Å²) in [4.78, 5) is 43.3. The van der Waals surface area contributed by atoms with Gasteiger partial charge in [-0.25, -0.2) is 4.90 Å². The summed E-state index contributed by atoms with van der Waals surface area (Å²) in [5.41, 5.74) is 2.68. The third-order valence-corrected chi connectivity index (χ3v) is 8.31. The van der Waals surface area contributed by atoms with E-state index in [4.69, 9.17) is 14.2 Å². The van der Waals surface area contributed by atoms with Gasteiger partial charge in [0, 0.05) is 16.9 Å². The number of imide groups is 1. The summed E-state index contributed by atoms with van der Waals surface area (Å²) in [5, 5.41) is 1.77. The van der Waals surface area contributed by atoms with E-state index in [2.05, 4.69) is 0 Å². The van der Waals surface area contributed by atoms with Gasteiger partial charge < -0.3 is 14.2 Å². The Morgan fingerprint density at radius 2 is 1.48 bits per heavy atom. The molecule has 2 heterocycles. The molecule has 7 rings (SSSR count). The van der Waals surface area contributed by atoms with E-state index in [1.807, 2.05) is 66.7 Å². The number of allylic oxidation sites excluding steroid dienone is 1. The maximum Gasteiger partial charge on any atom is 0.319 e. The van der Waals surface area contributed by atoms with Crippen LogP contribution in [0.2, 0.25) is 0 Å². The molecular weight excluding hydrogens is 506 g/mol. The highest BCUT2D eigenvalue weighted by Crippen LogP contribution is 2.56. The smallest absolute Gasteiger partial charge is 0.319 e. The average molecular weight is 532 g/mol. The summed E-state index contributed by atoms with van der Waals surface area (Å²) in [6.07, 6.45) is 1.98. The number of rotatable bonds is 4. The molecule has 0 aromatic heterocycles. The van der Waals surface area contributed by atoms with Crippen molar-refractivity contribution in [3.05, 3.63) is 102 Å². The van der Waals surface area contributed by atoms with Crippen molar-refractivity contribution in [2.75, 3.05) is 19.1 Å². The van der Waals surface area contributed by atoms with Crippen molar-refractivity contribution in [1.82, 2.24) is 0 Å². The van der Waals surface area contributed by atoms with Gasteiger partial charge in [-0.2, -0.15) is 0 Å². The van der Waals surface area contributed by atoms with Crippen molar-refractivity contribution in [3.63, 3.8) is 0 Å². The molecule has 0 saturated carbocycles. The Morgan fingerprint density at radius 3 is 2.25 bits per heavy atom. The molecule has 4 aromatic rings. The van der Waals surface area contributed by atoms with Gasteiger partial charge in [0.25, 0.3) is 0 Å². The van der Waals surface area contributed by atoms with Crippen molar-refractivity contribution in [2.45, 2.75) is 5.92 Å². The minimum atomic E-state index is -0.934. The average Bonchev–Trinajstić information content (AvgIpc) is 3.26. The molecule has 4 atom stereocenters. The van der Waals surface area contributed by atoms with Crippen LogP contribution in [0.4, 0.5) is 5.69 Å². The fraction of sp³-hybridized carbons (Fsp3) is 0.182. The first kappa shape index (κ1) is 24.2. The predicted molar refractivity (Wildman–Crippen MR) is 149 cm³/mol. The van der Waals surface area contributed by atoms with Crippen molar-refractivity contribution < 1.29 is 28.6 Å². The Bertz CT molecular complexity index is 1740. The standard InChI is InChI=1S/C33H25NO6/c1-38-20-14-11-19(12-15-20)23-17-24-22-16-13-18-7-3-4-8-21(18)30(22)40-33(37)28(24)29-27(23)31(35)34(32(29)36)25-9-5-6-10-26(25)39-2/h3-17,23,27-29H,1-2H3/t23-,27+,28-,29+/m0/s1. The lowest BCUT2D eigenvalue weighted by Gasteiger charge is -2.38. The summed E-state index contributed by atoms with van der Waals surface area (Å²) in [6.45, 7) is 0. The van der Waals surface area contributed by atoms with E-state index in [1.165, 1.54) is 12.0 Å². The van der Waals surface area contributed by atoms with Gasteiger partial charge in [0.05, 0.1) is 37.7 Å². The van der Waals surface area contributed by atoms with Crippen LogP contribution in [-0.2, 0) is 14.4 Å². The first-order valence-corrected chi connectivity index (χ1v) is 13.1. The van der Waals surface area contributed by atoms with E-state index < -0.39 is 35.5 Å². The maximum atomic E-state index is 14.2. The largest absolute Gasteiger partial charge is 0.497 e. The molecule has 0 spiro atoms. The molecule has 0 N–H and O–H groups in total. The van der Waals surface area contributed by atoms with Crippen molar-refractivity contribution in [1.29, 1.82) is 0 Å². The molecule has 0 radical (unpaired) electrons. The number of benzene rings is 4. The van der Waals surface area contributed by atoms with Gasteiger partial charge in [0.2, 0.25) is 11.8 Å². The second-order valence-electron chi connectivity index (χ2n) is 10.2. The molecule has 4 aromatic carbocycles. The zero-order valence-corrected chi connectivity index (χ0v) is 21.9. The zero-order chi connectivity index (χ0) is 27.5. The second kappa shape index (κ2) is 9.09. The summed E-state index contributed by atoms with van der Waals surface area (Å²) < 4.78 is 16.8. The molecule has 7 nitrogen and oxygen atoms in total. The summed E-state index contributed by atoms with van der Waals surface area (Å²) >= 11 is 0. The van der Waals surface area contributed by atoms with Crippen LogP contribution >= 0.6 is 0 Å². The van der Waals surface area contributed by atoms with Gasteiger partial charge in [-0.1, -0.05) is 66.7 Å². The fourth-order valence-corrected chi connectivity index (χ4v) is 6.49. The lowest BCUT2D eigenvalue weighted by molar-refractivity contribution is -0.142. The maximum absolute atomic E-state index is 14.2. The van der Waals surface area contributed by atoms with E-state index in [9.17, 15) is 14.4 Å². The monoisotopic (exact) mass is 531 g/mol. The summed E-state index contributed by atoms with van der Waals surface area (Å²) in [6, 6.07) is 26.1. The van der Waals surface area contributed by atoms with Crippen LogP contribution in [0, 0.1) is 17.8 Å². The molecule has 3 aliphatic rings. The van der Waals surface area contributed by atoms with E-state index >= 15 is 0 Å². The number of fused-ring (bicyclic) bond motifs is 7. The third kappa shape index (κ3) is 3.40. The molecule has 0 unspecified atom stereocenters. The minimum Gasteiger partial charge on any atom is -0.497 e. The normalized spacial score (nSPS) is 23.2. The number of methoxy groups -OCH3 is 2. The number of amides is 2. The topological polar surface area (TPSA) is 82.1 Å². The first-order valence-electron chi connectivity index (χ1n) is 13.1. The van der Waals surface area contributed by atoms with Crippen LogP contribution in [0.25, 0.3) is 16.3 Å². The lowest BCUT2D eigenvalue weighted by Crippen LogP contribution is -2.42. The van der Waals surface area contributed by atoms with E-state index in [0.717, 1.165) is 21.9 Å². The number of hydrogen-bond acceptors (Lipinski definition) is 6. The number of esters is 1. The molecule has 2 aliphatic heterocycles. The number of nitrogens with zero attached hydrogens (tertiary/aromatic N) is 1. The number of carbonyl (C=O) groups is 3. The van der Waals surface area contributed by atoms with Crippen LogP contribution in [0.5, 0.6) is 17.2 Å². The van der Waals surface area contributed by atoms with Gasteiger partial charge in [-0.3, -0.25) is 14.4 Å². The lowest BCUT2D eigenvalue weighted by atomic mass is 9.64. The minimum absolute atomic E-state index is 0.361. The van der Waals surface area contributed by atoms with Crippen molar-refractivity contribution >= 4 is 39.8 Å². The summed E-state index contributed by atoms with van der Waals surface area (Å²) in [5.74, 6) is -2.86. The van der Waals surface area contributed by atoms with Crippen LogP contribution in [0.3, 0.4) is 0 Å². The van der Waals surface area contributed by atoms with E-state index in [0.29, 0.717) is 28.5 Å². The Labute approximate surface area is 230 Å². The highest BCUT2D eigenvalue weighted by Gasteiger charge is 2.60. The predicted octanol–water partition coefficient (Wildman–Crippen LogP) is 5.38. The Balaban J connectivity index is 1.44. The molecule has 2 amide bonds. The SMILES string of the molecule is COc1ccc([C@@H]2C=C3c4ccc5ccccc5c4OC(=O)[C@@H]3[C@@H]3C(=O)N(c4ccccc4OC)C(=O)[C@@H]32)cc1. The second-order valence-corrected chi connectivity index (χ2v) is 10.2. The molecular formula is C33H25NO6. The first-order chi connectivity index (χ1) is 19.5. The zero-order valence-electron chi connectivity index (χ0n) is 21.9. The highest BCUT2D eigenvalue weighted by molar-refractivity contribution is 6.25. The van der Waals surface area contributed by atoms with E-state index in [1.54, 1.807) is 31.4 Å². The van der Waals surface area contributed by atoms with Crippen LogP contribution < -0.4 is 19.1 Å². The van der Waals surface area contributed by atoms with Gasteiger partial charge >= 0.3 is 5.97 Å². The Hall–Kier alpha value is -4.91. The third-order valence-electron chi connectivity index (χ3n) is 8.31. The van der Waals surface area contributed by atoms with Gasteiger partial charge in [-0.15, -0.1) is 0 Å². The molecule has 40 heavy (non-hydrogen) atoms. The number of carbonyl (C=O) groups excluding carboxylic acids is 3. The molecule has 198 valence electrons. The Morgan fingerprint density at radius 1 is 0.750 bits per heavy atom. The van der Waals surface area contributed by atoms with E-state index in [-0.39, 0.29) is 5.91 Å². The molecule has 1 fully saturated rings. The highest BCUT2D eigenvalue weighted by atomic mass is 16.5. The van der Waals surface area contributed by atoms with Crippen LogP contribution in [-0.4, -0.2) is 32.0 Å². The van der Waals surface area contributed by atoms with Crippen LogP contribution in [0.1, 0.15) is 17.0 Å². The van der Waals surface area contributed by atoms with Crippen molar-refractivity contribution in [2.24, 2.45) is 17.8 Å². The van der Waals surface area contributed by atoms with Crippen molar-refractivity contribution in [3.8, 4) is 17.2 Å². The fourth-order valence-electron chi connectivity index (χ4n) is 6.49.